The van der Waals surface area contributed by atoms with Crippen LogP contribution in [-0.4, -0.2) is 6.23 Å². The quantitative estimate of drug-likeness (QED) is 0.296. The van der Waals surface area contributed by atoms with E-state index in [1.165, 1.54) is 0 Å². The summed E-state index contributed by atoms with van der Waals surface area (Å²) in [5.74, 6) is 1.40. The topological polar surface area (TPSA) is 53.7 Å². The molecule has 0 amide bonds. The van der Waals surface area contributed by atoms with Gasteiger partial charge in [0.1, 0.15) is 19.4 Å². The molecule has 1 atom stereocenters. The fraction of sp³-hybridized carbons (Fsp3) is 0.172. The van der Waals surface area contributed by atoms with Gasteiger partial charge < -0.3 is 19.9 Å². The van der Waals surface area contributed by atoms with Gasteiger partial charge in [-0.05, 0) is 34.4 Å². The van der Waals surface area contributed by atoms with Gasteiger partial charge in [-0.1, -0.05) is 97.1 Å². The highest BCUT2D eigenvalue weighted by Crippen LogP contribution is 2.30. The number of hydrogen-bond acceptors (Lipinski definition) is 4. The summed E-state index contributed by atoms with van der Waals surface area (Å²) in [6, 6.07) is 36.2. The highest BCUT2D eigenvalue weighted by molar-refractivity contribution is 5.43. The lowest BCUT2D eigenvalue weighted by atomic mass is 10.1. The van der Waals surface area contributed by atoms with Gasteiger partial charge in [0.25, 0.3) is 0 Å². The maximum Gasteiger partial charge on any atom is 0.161 e. The lowest BCUT2D eigenvalue weighted by Crippen LogP contribution is -2.26. The highest BCUT2D eigenvalue weighted by atomic mass is 16.5. The van der Waals surface area contributed by atoms with Crippen LogP contribution in [0.2, 0.25) is 0 Å². The van der Waals surface area contributed by atoms with E-state index in [9.17, 15) is 0 Å². The van der Waals surface area contributed by atoms with E-state index in [1.54, 1.807) is 0 Å². The number of hydrogen-bond donors (Lipinski definition) is 1. The zero-order valence-electron chi connectivity index (χ0n) is 18.6. The fourth-order valence-electron chi connectivity index (χ4n) is 3.45. The van der Waals surface area contributed by atoms with Gasteiger partial charge in [-0.15, -0.1) is 0 Å². The summed E-state index contributed by atoms with van der Waals surface area (Å²) in [5.41, 5.74) is 10.6. The molecule has 33 heavy (non-hydrogen) atoms. The third-order valence-corrected chi connectivity index (χ3v) is 5.23. The highest BCUT2D eigenvalue weighted by Gasteiger charge is 2.11. The van der Waals surface area contributed by atoms with Crippen molar-refractivity contribution < 1.29 is 14.2 Å². The minimum absolute atomic E-state index is 0.414. The monoisotopic (exact) mass is 439 g/mol. The van der Waals surface area contributed by atoms with Crippen LogP contribution in [0.1, 0.15) is 22.3 Å². The molecular formula is C29H29NO3. The first-order chi connectivity index (χ1) is 16.3. The smallest absolute Gasteiger partial charge is 0.161 e. The minimum Gasteiger partial charge on any atom is -0.485 e. The summed E-state index contributed by atoms with van der Waals surface area (Å²) in [5, 5.41) is 0. The van der Waals surface area contributed by atoms with Crippen molar-refractivity contribution in [1.29, 1.82) is 0 Å². The first kappa shape index (κ1) is 22.6. The van der Waals surface area contributed by atoms with Gasteiger partial charge in [0.2, 0.25) is 0 Å². The molecule has 4 rings (SSSR count). The Morgan fingerprint density at radius 3 is 1.55 bits per heavy atom. The van der Waals surface area contributed by atoms with E-state index >= 15 is 0 Å². The van der Waals surface area contributed by atoms with Gasteiger partial charge >= 0.3 is 0 Å². The third-order valence-electron chi connectivity index (χ3n) is 5.23. The second-order valence-electron chi connectivity index (χ2n) is 7.87. The van der Waals surface area contributed by atoms with Crippen LogP contribution in [0.25, 0.3) is 0 Å². The lowest BCUT2D eigenvalue weighted by molar-refractivity contribution is 0.0453. The van der Waals surface area contributed by atoms with Gasteiger partial charge in [0.15, 0.2) is 11.5 Å². The normalized spacial score (nSPS) is 11.7. The van der Waals surface area contributed by atoms with Crippen molar-refractivity contribution in [1.82, 2.24) is 0 Å². The van der Waals surface area contributed by atoms with Gasteiger partial charge in [0.05, 0.1) is 6.61 Å². The summed E-state index contributed by atoms with van der Waals surface area (Å²) >= 11 is 0. The molecule has 0 aromatic heterocycles. The Labute approximate surface area is 195 Å². The van der Waals surface area contributed by atoms with Gasteiger partial charge in [-0.25, -0.2) is 0 Å². The van der Waals surface area contributed by atoms with Crippen molar-refractivity contribution in [2.45, 2.75) is 32.5 Å². The summed E-state index contributed by atoms with van der Waals surface area (Å²) in [6.45, 7) is 1.42. The molecular weight excluding hydrogens is 410 g/mol. The number of ether oxygens (including phenoxy) is 3. The molecule has 4 nitrogen and oxygen atoms in total. The second-order valence-corrected chi connectivity index (χ2v) is 7.87. The average Bonchev–Trinajstić information content (AvgIpc) is 2.87. The van der Waals surface area contributed by atoms with Crippen molar-refractivity contribution in [3.63, 3.8) is 0 Å². The Kier molecular flexibility index (Phi) is 8.12. The Bertz CT molecular complexity index is 1100. The zero-order valence-corrected chi connectivity index (χ0v) is 18.6. The number of nitrogens with two attached hydrogens (primary N) is 1. The summed E-state index contributed by atoms with van der Waals surface area (Å²) < 4.78 is 18.1. The van der Waals surface area contributed by atoms with Crippen molar-refractivity contribution >= 4 is 0 Å². The summed E-state index contributed by atoms with van der Waals surface area (Å²) in [4.78, 5) is 0. The van der Waals surface area contributed by atoms with E-state index in [2.05, 4.69) is 0 Å². The van der Waals surface area contributed by atoms with Crippen LogP contribution >= 0.6 is 0 Å². The number of rotatable bonds is 11. The van der Waals surface area contributed by atoms with Crippen molar-refractivity contribution in [2.75, 3.05) is 0 Å². The van der Waals surface area contributed by atoms with Crippen LogP contribution in [-0.2, 0) is 31.0 Å². The van der Waals surface area contributed by atoms with Gasteiger partial charge in [0, 0.05) is 6.42 Å². The van der Waals surface area contributed by atoms with Crippen molar-refractivity contribution in [3.8, 4) is 11.5 Å². The Morgan fingerprint density at radius 1 is 0.515 bits per heavy atom. The molecule has 168 valence electrons. The first-order valence-corrected chi connectivity index (χ1v) is 11.1. The van der Waals surface area contributed by atoms with Crippen molar-refractivity contribution in [2.24, 2.45) is 5.73 Å². The molecule has 2 N–H and O–H groups in total. The van der Waals surface area contributed by atoms with Crippen LogP contribution in [0.5, 0.6) is 11.5 Å². The first-order valence-electron chi connectivity index (χ1n) is 11.1. The van der Waals surface area contributed by atoms with Crippen LogP contribution in [0.3, 0.4) is 0 Å². The molecule has 1 unspecified atom stereocenters. The maximum atomic E-state index is 6.25. The molecule has 0 aliphatic carbocycles. The molecule has 0 aliphatic rings. The molecule has 4 aromatic carbocycles. The molecule has 0 saturated heterocycles. The van der Waals surface area contributed by atoms with E-state index in [0.29, 0.717) is 37.7 Å². The maximum absolute atomic E-state index is 6.25. The largest absolute Gasteiger partial charge is 0.485 e. The molecule has 4 aromatic rings. The fourth-order valence-corrected chi connectivity index (χ4v) is 3.45. The standard InChI is InChI=1S/C29H29NO3/c30-29(33-22-25-14-8-3-9-15-25)19-26-16-17-27(31-20-23-10-4-1-5-11-23)28(18-26)32-21-24-12-6-2-7-13-24/h1-18,29H,19-22,30H2. The van der Waals surface area contributed by atoms with Crippen LogP contribution in [0.15, 0.2) is 109 Å². The SMILES string of the molecule is NC(Cc1ccc(OCc2ccccc2)c(OCc2ccccc2)c1)OCc1ccccc1. The third kappa shape index (κ3) is 7.21. The van der Waals surface area contributed by atoms with E-state index in [0.717, 1.165) is 22.3 Å². The molecule has 0 radical (unpaired) electrons. The summed E-state index contributed by atoms with van der Waals surface area (Å²) in [6.07, 6.45) is 0.163. The molecule has 0 spiro atoms. The molecule has 4 heteroatoms. The van der Waals surface area contributed by atoms with Crippen LogP contribution < -0.4 is 15.2 Å². The van der Waals surface area contributed by atoms with Crippen molar-refractivity contribution in [3.05, 3.63) is 131 Å². The van der Waals surface area contributed by atoms with E-state index in [-0.39, 0.29) is 0 Å². The van der Waals surface area contributed by atoms with E-state index in [4.69, 9.17) is 19.9 Å². The zero-order chi connectivity index (χ0) is 22.7. The predicted molar refractivity (Wildman–Crippen MR) is 131 cm³/mol. The van der Waals surface area contributed by atoms with E-state index in [1.807, 2.05) is 109 Å². The molecule has 0 saturated carbocycles. The van der Waals surface area contributed by atoms with Gasteiger partial charge in [-0.2, -0.15) is 0 Å². The molecule has 0 fully saturated rings. The second kappa shape index (κ2) is 11.9. The Balaban J connectivity index is 1.43. The molecule has 0 bridgehead atoms. The summed E-state index contributed by atoms with van der Waals surface area (Å²) in [7, 11) is 0. The number of benzene rings is 4. The lowest BCUT2D eigenvalue weighted by Gasteiger charge is -2.17. The van der Waals surface area contributed by atoms with Gasteiger partial charge in [-0.3, -0.25) is 0 Å². The molecule has 0 heterocycles. The molecule has 0 aliphatic heterocycles. The van der Waals surface area contributed by atoms with Crippen LogP contribution in [0, 0.1) is 0 Å². The van der Waals surface area contributed by atoms with Crippen LogP contribution in [0.4, 0.5) is 0 Å². The van der Waals surface area contributed by atoms with E-state index < -0.39 is 6.23 Å². The predicted octanol–water partition coefficient (Wildman–Crippen LogP) is 5.89. The Hall–Kier alpha value is -3.60. The minimum atomic E-state index is -0.414. The average molecular weight is 440 g/mol. The Morgan fingerprint density at radius 2 is 1.00 bits per heavy atom.